The number of imidazole rings is 1. The number of methoxy groups -OCH3 is 2. The topological polar surface area (TPSA) is 97.9 Å². The Morgan fingerprint density at radius 3 is 2.60 bits per heavy atom. The predicted molar refractivity (Wildman–Crippen MR) is 124 cm³/mol. The molecule has 0 spiro atoms. The number of alkyl halides is 2. The van der Waals surface area contributed by atoms with Crippen molar-refractivity contribution < 1.29 is 27.8 Å². The summed E-state index contributed by atoms with van der Waals surface area (Å²) >= 11 is 0. The van der Waals surface area contributed by atoms with Crippen molar-refractivity contribution in [1.82, 2.24) is 14.7 Å². The molecule has 0 atom stereocenters. The molecule has 10 heteroatoms. The van der Waals surface area contributed by atoms with E-state index in [1.807, 2.05) is 19.9 Å². The van der Waals surface area contributed by atoms with E-state index in [9.17, 15) is 18.8 Å². The standard InChI is InChI=1S/C25H26F2N4O4/c1-24(2,13-28)16-5-8-31-17(12-29-20(31)11-16)15-9-18(34-4)21(19(10-15)35-23(26)27)22(32)30-25(6-7-25)14-33-3/h5,8-12,23H,6-7,14H2,1-4H3,(H,30,32). The van der Waals surface area contributed by atoms with Crippen molar-refractivity contribution >= 4 is 11.6 Å². The summed E-state index contributed by atoms with van der Waals surface area (Å²) in [5, 5.41) is 12.3. The fraction of sp³-hybridized carbons (Fsp3) is 0.400. The van der Waals surface area contributed by atoms with Gasteiger partial charge in [0.05, 0.1) is 42.6 Å². The number of nitrogens with zero attached hydrogens (tertiary/aromatic N) is 3. The average molecular weight is 485 g/mol. The van der Waals surface area contributed by atoms with Crippen LogP contribution in [0.3, 0.4) is 0 Å². The van der Waals surface area contributed by atoms with Crippen molar-refractivity contribution in [3.8, 4) is 28.8 Å². The second kappa shape index (κ2) is 9.15. The predicted octanol–water partition coefficient (Wildman–Crippen LogP) is 4.32. The molecule has 0 bridgehead atoms. The monoisotopic (exact) mass is 484 g/mol. The van der Waals surface area contributed by atoms with Crippen molar-refractivity contribution in [1.29, 1.82) is 5.26 Å². The van der Waals surface area contributed by atoms with Gasteiger partial charge in [-0.15, -0.1) is 0 Å². The number of ether oxygens (including phenoxy) is 3. The number of rotatable bonds is 9. The minimum absolute atomic E-state index is 0.0843. The third kappa shape index (κ3) is 4.77. The van der Waals surface area contributed by atoms with Gasteiger partial charge < -0.3 is 19.5 Å². The Morgan fingerprint density at radius 1 is 1.29 bits per heavy atom. The molecule has 0 saturated heterocycles. The number of carbonyl (C=O) groups excluding carboxylic acids is 1. The molecule has 0 unspecified atom stereocenters. The number of aromatic nitrogens is 2. The van der Waals surface area contributed by atoms with Crippen LogP contribution >= 0.6 is 0 Å². The number of benzene rings is 1. The zero-order chi connectivity index (χ0) is 25.4. The van der Waals surface area contributed by atoms with Gasteiger partial charge in [-0.05, 0) is 56.5 Å². The first kappa shape index (κ1) is 24.4. The third-order valence-electron chi connectivity index (χ3n) is 6.19. The normalized spacial score (nSPS) is 14.6. The smallest absolute Gasteiger partial charge is 0.387 e. The van der Waals surface area contributed by atoms with E-state index in [0.717, 1.165) is 18.4 Å². The van der Waals surface area contributed by atoms with Crippen LogP contribution in [0, 0.1) is 11.3 Å². The van der Waals surface area contributed by atoms with Gasteiger partial charge in [-0.2, -0.15) is 14.0 Å². The molecule has 1 fully saturated rings. The molecule has 8 nitrogen and oxygen atoms in total. The van der Waals surface area contributed by atoms with Gasteiger partial charge in [0, 0.05) is 18.9 Å². The van der Waals surface area contributed by atoms with Crippen LogP contribution in [-0.2, 0) is 10.2 Å². The summed E-state index contributed by atoms with van der Waals surface area (Å²) < 4.78 is 43.8. The lowest BCUT2D eigenvalue weighted by molar-refractivity contribution is -0.0502. The molecule has 0 aliphatic heterocycles. The fourth-order valence-electron chi connectivity index (χ4n) is 3.99. The minimum atomic E-state index is -3.15. The van der Waals surface area contributed by atoms with Crippen LogP contribution in [-0.4, -0.2) is 48.3 Å². The number of fused-ring (bicyclic) bond motifs is 1. The Balaban J connectivity index is 1.79. The van der Waals surface area contributed by atoms with Gasteiger partial charge in [-0.3, -0.25) is 9.20 Å². The van der Waals surface area contributed by atoms with Crippen LogP contribution in [0.5, 0.6) is 11.5 Å². The zero-order valence-corrected chi connectivity index (χ0v) is 19.9. The maximum absolute atomic E-state index is 13.3. The highest BCUT2D eigenvalue weighted by Gasteiger charge is 2.45. The van der Waals surface area contributed by atoms with E-state index in [1.165, 1.54) is 20.3 Å². The Labute approximate surface area is 201 Å². The second-order valence-electron chi connectivity index (χ2n) is 9.12. The quantitative estimate of drug-likeness (QED) is 0.486. The van der Waals surface area contributed by atoms with Crippen LogP contribution in [0.4, 0.5) is 8.78 Å². The Bertz CT molecular complexity index is 1310. The SMILES string of the molecule is COCC1(NC(=O)c2c(OC)cc(-c3cnc4cc(C(C)(C)C#N)ccn34)cc2OC(F)F)CC1. The van der Waals surface area contributed by atoms with E-state index in [-0.39, 0.29) is 17.1 Å². The first-order valence-electron chi connectivity index (χ1n) is 11.0. The number of nitriles is 1. The highest BCUT2D eigenvalue weighted by Crippen LogP contribution is 2.40. The van der Waals surface area contributed by atoms with E-state index < -0.39 is 23.5 Å². The Hall–Kier alpha value is -3.71. The first-order chi connectivity index (χ1) is 16.6. The summed E-state index contributed by atoms with van der Waals surface area (Å²) in [6, 6.07) is 8.82. The molecule has 2 heterocycles. The van der Waals surface area contributed by atoms with E-state index in [4.69, 9.17) is 14.2 Å². The second-order valence-corrected chi connectivity index (χ2v) is 9.12. The van der Waals surface area contributed by atoms with Gasteiger partial charge in [-0.25, -0.2) is 4.98 Å². The minimum Gasteiger partial charge on any atom is -0.496 e. The van der Waals surface area contributed by atoms with Crippen molar-refractivity contribution in [2.45, 2.75) is 44.3 Å². The van der Waals surface area contributed by atoms with Gasteiger partial charge in [-0.1, -0.05) is 0 Å². The van der Waals surface area contributed by atoms with Crippen molar-refractivity contribution in [3.63, 3.8) is 0 Å². The van der Waals surface area contributed by atoms with Crippen LogP contribution < -0.4 is 14.8 Å². The number of hydrogen-bond donors (Lipinski definition) is 1. The van der Waals surface area contributed by atoms with Gasteiger partial charge in [0.25, 0.3) is 5.91 Å². The lowest BCUT2D eigenvalue weighted by atomic mass is 9.87. The molecule has 4 rings (SSSR count). The number of hydrogen-bond acceptors (Lipinski definition) is 6. The number of amides is 1. The molecule has 0 radical (unpaired) electrons. The van der Waals surface area contributed by atoms with E-state index in [2.05, 4.69) is 16.4 Å². The average Bonchev–Trinajstić information content (AvgIpc) is 3.43. The maximum Gasteiger partial charge on any atom is 0.387 e. The Kier molecular flexibility index (Phi) is 6.38. The molecule has 1 aliphatic carbocycles. The van der Waals surface area contributed by atoms with E-state index in [1.54, 1.807) is 28.9 Å². The molecule has 1 amide bonds. The lowest BCUT2D eigenvalue weighted by Crippen LogP contribution is -2.40. The van der Waals surface area contributed by atoms with Gasteiger partial charge in [0.1, 0.15) is 22.7 Å². The highest BCUT2D eigenvalue weighted by atomic mass is 19.3. The summed E-state index contributed by atoms with van der Waals surface area (Å²) in [6.45, 7) is 0.789. The maximum atomic E-state index is 13.3. The summed E-state index contributed by atoms with van der Waals surface area (Å²) in [6.07, 6.45) is 4.79. The number of nitrogens with one attached hydrogen (secondary N) is 1. The molecule has 1 aromatic carbocycles. The third-order valence-corrected chi connectivity index (χ3v) is 6.19. The number of pyridine rings is 1. The van der Waals surface area contributed by atoms with Gasteiger partial charge in [0.2, 0.25) is 0 Å². The summed E-state index contributed by atoms with van der Waals surface area (Å²) in [4.78, 5) is 17.5. The first-order valence-corrected chi connectivity index (χ1v) is 11.0. The summed E-state index contributed by atoms with van der Waals surface area (Å²) in [7, 11) is 2.89. The Morgan fingerprint density at radius 2 is 2.00 bits per heavy atom. The van der Waals surface area contributed by atoms with Crippen LogP contribution in [0.1, 0.15) is 42.6 Å². The summed E-state index contributed by atoms with van der Waals surface area (Å²) in [5.74, 6) is -0.807. The molecule has 184 valence electrons. The largest absolute Gasteiger partial charge is 0.496 e. The molecule has 3 aromatic rings. The molecule has 2 aromatic heterocycles. The molecule has 35 heavy (non-hydrogen) atoms. The number of carbonyl (C=O) groups is 1. The van der Waals surface area contributed by atoms with Crippen LogP contribution in [0.15, 0.2) is 36.7 Å². The van der Waals surface area contributed by atoms with Crippen LogP contribution in [0.2, 0.25) is 0 Å². The van der Waals surface area contributed by atoms with Crippen molar-refractivity contribution in [3.05, 3.63) is 47.8 Å². The molecule has 1 N–H and O–H groups in total. The highest BCUT2D eigenvalue weighted by molar-refractivity contribution is 6.01. The lowest BCUT2D eigenvalue weighted by Gasteiger charge is -2.20. The van der Waals surface area contributed by atoms with Gasteiger partial charge >= 0.3 is 6.61 Å². The molecular weight excluding hydrogens is 458 g/mol. The molecule has 1 aliphatic rings. The van der Waals surface area contributed by atoms with Gasteiger partial charge in [0.15, 0.2) is 0 Å². The van der Waals surface area contributed by atoms with Crippen molar-refractivity contribution in [2.75, 3.05) is 20.8 Å². The summed E-state index contributed by atoms with van der Waals surface area (Å²) in [5.41, 5.74) is 1.07. The zero-order valence-electron chi connectivity index (χ0n) is 19.9. The fourth-order valence-corrected chi connectivity index (χ4v) is 3.99. The van der Waals surface area contributed by atoms with Crippen molar-refractivity contribution in [2.24, 2.45) is 0 Å². The molecule has 1 saturated carbocycles. The van der Waals surface area contributed by atoms with Crippen LogP contribution in [0.25, 0.3) is 16.9 Å². The number of halogens is 2. The van der Waals surface area contributed by atoms with E-state index in [0.29, 0.717) is 23.5 Å². The molecular formula is C25H26F2N4O4. The van der Waals surface area contributed by atoms with E-state index >= 15 is 0 Å².